The first-order valence-electron chi connectivity index (χ1n) is 11.3. The standard InChI is InChI=1S/C26H38O4/c1-2-3-4-5-6-7-9-12-22-15-17-24(18-16-22)26(30,23-13-10-8-11-14-23)25(19-27,20-28)21-29/h8,10-11,13-18,27-30H,2-7,9,12,19-21H2,1H3. The van der Waals surface area contributed by atoms with Crippen LogP contribution in [0.2, 0.25) is 0 Å². The van der Waals surface area contributed by atoms with Gasteiger partial charge in [-0.2, -0.15) is 0 Å². The largest absolute Gasteiger partial charge is 0.395 e. The lowest BCUT2D eigenvalue weighted by molar-refractivity contribution is -0.136. The van der Waals surface area contributed by atoms with Gasteiger partial charge in [-0.1, -0.05) is 100 Å². The average Bonchev–Trinajstić information content (AvgIpc) is 2.80. The van der Waals surface area contributed by atoms with Gasteiger partial charge in [-0.15, -0.1) is 0 Å². The van der Waals surface area contributed by atoms with Crippen molar-refractivity contribution in [2.75, 3.05) is 19.8 Å². The van der Waals surface area contributed by atoms with Crippen molar-refractivity contribution in [3.05, 3.63) is 71.3 Å². The predicted molar refractivity (Wildman–Crippen MR) is 121 cm³/mol. The summed E-state index contributed by atoms with van der Waals surface area (Å²) < 4.78 is 0. The van der Waals surface area contributed by atoms with Crippen molar-refractivity contribution in [2.24, 2.45) is 5.41 Å². The minimum atomic E-state index is -1.72. The van der Waals surface area contributed by atoms with E-state index >= 15 is 0 Å². The molecule has 166 valence electrons. The molecule has 0 spiro atoms. The zero-order valence-electron chi connectivity index (χ0n) is 18.3. The van der Waals surface area contributed by atoms with E-state index < -0.39 is 30.8 Å². The predicted octanol–water partition coefficient (Wildman–Crippen LogP) is 4.18. The summed E-state index contributed by atoms with van der Waals surface area (Å²) in [5, 5.41) is 41.9. The lowest BCUT2D eigenvalue weighted by Crippen LogP contribution is -2.54. The van der Waals surface area contributed by atoms with Crippen LogP contribution in [0.4, 0.5) is 0 Å². The van der Waals surface area contributed by atoms with Gasteiger partial charge in [0, 0.05) is 0 Å². The Balaban J connectivity index is 2.17. The van der Waals surface area contributed by atoms with Gasteiger partial charge in [0.25, 0.3) is 0 Å². The van der Waals surface area contributed by atoms with Crippen LogP contribution in [0.1, 0.15) is 68.6 Å². The molecule has 4 nitrogen and oxygen atoms in total. The van der Waals surface area contributed by atoms with Gasteiger partial charge in [0.1, 0.15) is 5.60 Å². The molecule has 0 radical (unpaired) electrons. The highest BCUT2D eigenvalue weighted by molar-refractivity contribution is 5.40. The molecule has 4 heteroatoms. The Kier molecular flexibility index (Phi) is 9.99. The molecule has 0 fully saturated rings. The van der Waals surface area contributed by atoms with Crippen LogP contribution in [-0.2, 0) is 12.0 Å². The third-order valence-corrected chi connectivity index (χ3v) is 6.31. The summed E-state index contributed by atoms with van der Waals surface area (Å²) in [7, 11) is 0. The summed E-state index contributed by atoms with van der Waals surface area (Å²) in [5.74, 6) is 0. The van der Waals surface area contributed by atoms with E-state index in [2.05, 4.69) is 6.92 Å². The van der Waals surface area contributed by atoms with Crippen molar-refractivity contribution in [1.82, 2.24) is 0 Å². The number of benzene rings is 2. The third kappa shape index (κ3) is 5.50. The molecule has 1 unspecified atom stereocenters. The van der Waals surface area contributed by atoms with Crippen molar-refractivity contribution in [2.45, 2.75) is 63.9 Å². The van der Waals surface area contributed by atoms with E-state index in [4.69, 9.17) is 0 Å². The number of hydrogen-bond donors (Lipinski definition) is 4. The zero-order valence-corrected chi connectivity index (χ0v) is 18.3. The normalized spacial score (nSPS) is 13.9. The number of hydrogen-bond acceptors (Lipinski definition) is 4. The van der Waals surface area contributed by atoms with Crippen molar-refractivity contribution in [3.63, 3.8) is 0 Å². The highest BCUT2D eigenvalue weighted by Gasteiger charge is 2.52. The maximum atomic E-state index is 11.8. The van der Waals surface area contributed by atoms with Crippen LogP contribution in [0.5, 0.6) is 0 Å². The first-order chi connectivity index (χ1) is 14.6. The summed E-state index contributed by atoms with van der Waals surface area (Å²) in [6.45, 7) is 0.579. The van der Waals surface area contributed by atoms with Crippen molar-refractivity contribution in [1.29, 1.82) is 0 Å². The molecular weight excluding hydrogens is 376 g/mol. The Morgan fingerprint density at radius 1 is 0.633 bits per heavy atom. The summed E-state index contributed by atoms with van der Waals surface area (Å²) in [6, 6.07) is 16.6. The number of aryl methyl sites for hydroxylation is 1. The molecule has 2 rings (SSSR count). The highest BCUT2D eigenvalue weighted by Crippen LogP contribution is 2.45. The van der Waals surface area contributed by atoms with Gasteiger partial charge in [0.05, 0.1) is 25.2 Å². The quantitative estimate of drug-likeness (QED) is 0.350. The SMILES string of the molecule is CCCCCCCCCc1ccc(C(O)(c2ccccc2)C(CO)(CO)CO)cc1. The molecule has 0 aromatic heterocycles. The van der Waals surface area contributed by atoms with Crippen molar-refractivity contribution in [3.8, 4) is 0 Å². The van der Waals surface area contributed by atoms with Gasteiger partial charge < -0.3 is 20.4 Å². The summed E-state index contributed by atoms with van der Waals surface area (Å²) in [6.07, 6.45) is 9.85. The van der Waals surface area contributed by atoms with E-state index in [0.29, 0.717) is 11.1 Å². The number of aliphatic hydroxyl groups excluding tert-OH is 3. The maximum absolute atomic E-state index is 11.8. The van der Waals surface area contributed by atoms with Crippen molar-refractivity contribution < 1.29 is 20.4 Å². The highest BCUT2D eigenvalue weighted by atomic mass is 16.3. The van der Waals surface area contributed by atoms with Crippen molar-refractivity contribution >= 4 is 0 Å². The molecule has 0 bridgehead atoms. The fourth-order valence-corrected chi connectivity index (χ4v) is 4.15. The van der Waals surface area contributed by atoms with Gasteiger partial charge in [-0.25, -0.2) is 0 Å². The Morgan fingerprint density at radius 3 is 1.67 bits per heavy atom. The first-order valence-corrected chi connectivity index (χ1v) is 11.3. The Bertz CT molecular complexity index is 701. The summed E-state index contributed by atoms with van der Waals surface area (Å²) in [5.41, 5.74) is -0.944. The molecule has 0 aliphatic carbocycles. The fraction of sp³-hybridized carbons (Fsp3) is 0.538. The Morgan fingerprint density at radius 2 is 1.13 bits per heavy atom. The molecule has 2 aromatic carbocycles. The van der Waals surface area contributed by atoms with Crippen LogP contribution in [0.15, 0.2) is 54.6 Å². The molecule has 0 amide bonds. The lowest BCUT2D eigenvalue weighted by atomic mass is 9.66. The molecule has 4 N–H and O–H groups in total. The molecule has 0 saturated heterocycles. The molecule has 1 atom stereocenters. The van der Waals surface area contributed by atoms with Gasteiger partial charge in [0.2, 0.25) is 0 Å². The van der Waals surface area contributed by atoms with Crippen LogP contribution in [0.25, 0.3) is 0 Å². The van der Waals surface area contributed by atoms with Crippen LogP contribution in [0, 0.1) is 5.41 Å². The fourth-order valence-electron chi connectivity index (χ4n) is 4.15. The van der Waals surface area contributed by atoms with Gasteiger partial charge in [-0.3, -0.25) is 0 Å². The number of aliphatic hydroxyl groups is 4. The Hall–Kier alpha value is -1.72. The summed E-state index contributed by atoms with van der Waals surface area (Å²) >= 11 is 0. The molecule has 0 saturated carbocycles. The van der Waals surface area contributed by atoms with E-state index in [-0.39, 0.29) is 0 Å². The second-order valence-corrected chi connectivity index (χ2v) is 8.40. The topological polar surface area (TPSA) is 80.9 Å². The van der Waals surface area contributed by atoms with Crippen LogP contribution < -0.4 is 0 Å². The average molecular weight is 415 g/mol. The minimum absolute atomic E-state index is 0.530. The monoisotopic (exact) mass is 414 g/mol. The molecule has 2 aromatic rings. The molecular formula is C26H38O4. The Labute approximate surface area is 181 Å². The first kappa shape index (κ1) is 24.5. The smallest absolute Gasteiger partial charge is 0.127 e. The van der Waals surface area contributed by atoms with E-state index in [1.807, 2.05) is 30.3 Å². The second-order valence-electron chi connectivity index (χ2n) is 8.40. The summed E-state index contributed by atoms with van der Waals surface area (Å²) in [4.78, 5) is 0. The maximum Gasteiger partial charge on any atom is 0.127 e. The minimum Gasteiger partial charge on any atom is -0.395 e. The van der Waals surface area contributed by atoms with Gasteiger partial charge >= 0.3 is 0 Å². The number of unbranched alkanes of at least 4 members (excludes halogenated alkanes) is 6. The second kappa shape index (κ2) is 12.2. The van der Waals surface area contributed by atoms with Gasteiger partial charge in [0.15, 0.2) is 0 Å². The molecule has 0 heterocycles. The van der Waals surface area contributed by atoms with Crippen LogP contribution in [0.3, 0.4) is 0 Å². The number of rotatable bonds is 14. The zero-order chi connectivity index (χ0) is 21.9. The molecule has 0 aliphatic rings. The third-order valence-electron chi connectivity index (χ3n) is 6.31. The lowest BCUT2D eigenvalue weighted by Gasteiger charge is -2.45. The molecule has 30 heavy (non-hydrogen) atoms. The molecule has 0 aliphatic heterocycles. The van der Waals surface area contributed by atoms with E-state index in [9.17, 15) is 20.4 Å². The van der Waals surface area contributed by atoms with Crippen LogP contribution in [-0.4, -0.2) is 40.2 Å². The van der Waals surface area contributed by atoms with E-state index in [0.717, 1.165) is 12.8 Å². The van der Waals surface area contributed by atoms with Crippen LogP contribution >= 0.6 is 0 Å². The van der Waals surface area contributed by atoms with E-state index in [1.54, 1.807) is 24.3 Å². The van der Waals surface area contributed by atoms with E-state index in [1.165, 1.54) is 44.1 Å². The van der Waals surface area contributed by atoms with Gasteiger partial charge in [-0.05, 0) is 29.5 Å².